The molecule has 1 saturated heterocycles. The number of rotatable bonds is 3. The molecule has 4 amide bonds. The summed E-state index contributed by atoms with van der Waals surface area (Å²) in [7, 11) is 0. The van der Waals surface area contributed by atoms with E-state index in [-0.39, 0.29) is 5.57 Å². The summed E-state index contributed by atoms with van der Waals surface area (Å²) in [4.78, 5) is 39.1. The standard InChI is InChI=1S/C24H20ClN3O3/c1-14-6-4-5-7-21(14)28-23(30)20(22(29)26-24(28)31)13-17-12-15(2)27(16(17)3)19-10-8-18(25)9-11-19/h4-13H,1-3H3,(H,26,29,31). The first-order chi connectivity index (χ1) is 14.8. The van der Waals surface area contributed by atoms with Crippen molar-refractivity contribution in [3.05, 3.63) is 87.7 Å². The number of hydrogen-bond donors (Lipinski definition) is 1. The lowest BCUT2D eigenvalue weighted by molar-refractivity contribution is -0.122. The molecule has 1 aliphatic heterocycles. The zero-order chi connectivity index (χ0) is 22.3. The molecule has 2 aromatic carbocycles. The highest BCUT2D eigenvalue weighted by Crippen LogP contribution is 2.27. The number of halogens is 1. The van der Waals surface area contributed by atoms with Crippen LogP contribution in [0.15, 0.2) is 60.2 Å². The van der Waals surface area contributed by atoms with Gasteiger partial charge in [0.25, 0.3) is 11.8 Å². The Kier molecular flexibility index (Phi) is 5.25. The number of barbiturate groups is 1. The van der Waals surface area contributed by atoms with Crippen molar-refractivity contribution in [2.24, 2.45) is 0 Å². The van der Waals surface area contributed by atoms with Crippen molar-refractivity contribution in [2.75, 3.05) is 4.90 Å². The van der Waals surface area contributed by atoms with Crippen LogP contribution in [-0.2, 0) is 9.59 Å². The van der Waals surface area contributed by atoms with Gasteiger partial charge in [0.05, 0.1) is 5.69 Å². The van der Waals surface area contributed by atoms with Gasteiger partial charge in [0, 0.05) is 22.1 Å². The number of amides is 4. The molecule has 1 N–H and O–H groups in total. The molecule has 1 fully saturated rings. The van der Waals surface area contributed by atoms with Crippen LogP contribution < -0.4 is 10.2 Å². The molecule has 156 valence electrons. The summed E-state index contributed by atoms with van der Waals surface area (Å²) in [6, 6.07) is 15.6. The molecule has 2 heterocycles. The molecule has 6 nitrogen and oxygen atoms in total. The number of carbonyl (C=O) groups is 3. The molecule has 0 bridgehead atoms. The molecule has 3 aromatic rings. The van der Waals surface area contributed by atoms with E-state index in [1.54, 1.807) is 37.3 Å². The second-order valence-corrected chi connectivity index (χ2v) is 7.82. The number of aromatic nitrogens is 1. The third-order valence-corrected chi connectivity index (χ3v) is 5.56. The Balaban J connectivity index is 1.77. The maximum absolute atomic E-state index is 13.2. The molecule has 0 radical (unpaired) electrons. The number of nitrogens with one attached hydrogen (secondary N) is 1. The maximum Gasteiger partial charge on any atom is 0.335 e. The molecule has 1 aliphatic rings. The van der Waals surface area contributed by atoms with Crippen LogP contribution in [-0.4, -0.2) is 22.4 Å². The van der Waals surface area contributed by atoms with Crippen molar-refractivity contribution in [3.63, 3.8) is 0 Å². The van der Waals surface area contributed by atoms with Gasteiger partial charge in [-0.2, -0.15) is 0 Å². The van der Waals surface area contributed by atoms with E-state index in [1.165, 1.54) is 6.08 Å². The number of urea groups is 1. The van der Waals surface area contributed by atoms with Gasteiger partial charge >= 0.3 is 6.03 Å². The molecule has 0 spiro atoms. The van der Waals surface area contributed by atoms with Gasteiger partial charge in [-0.1, -0.05) is 29.8 Å². The van der Waals surface area contributed by atoms with E-state index >= 15 is 0 Å². The van der Waals surface area contributed by atoms with E-state index < -0.39 is 17.8 Å². The highest BCUT2D eigenvalue weighted by atomic mass is 35.5. The molecule has 4 rings (SSSR count). The molecule has 0 aliphatic carbocycles. The summed E-state index contributed by atoms with van der Waals surface area (Å²) in [5.41, 5.74) is 4.51. The SMILES string of the molecule is Cc1ccccc1N1C(=O)NC(=O)C(=Cc2cc(C)n(-c3ccc(Cl)cc3)c2C)C1=O. The second-order valence-electron chi connectivity index (χ2n) is 7.38. The van der Waals surface area contributed by atoms with E-state index in [4.69, 9.17) is 11.6 Å². The van der Waals surface area contributed by atoms with E-state index in [1.807, 2.05) is 42.7 Å². The average molecular weight is 434 g/mol. The summed E-state index contributed by atoms with van der Waals surface area (Å²) >= 11 is 6.00. The van der Waals surface area contributed by atoms with E-state index in [0.29, 0.717) is 16.3 Å². The number of anilines is 1. The summed E-state index contributed by atoms with van der Waals surface area (Å²) < 4.78 is 2.01. The molecule has 0 atom stereocenters. The molecule has 7 heteroatoms. The average Bonchev–Trinajstić information content (AvgIpc) is 3.00. The lowest BCUT2D eigenvalue weighted by atomic mass is 10.1. The second kappa shape index (κ2) is 7.89. The van der Waals surface area contributed by atoms with Crippen molar-refractivity contribution >= 4 is 41.2 Å². The van der Waals surface area contributed by atoms with Crippen LogP contribution in [0.1, 0.15) is 22.5 Å². The Morgan fingerprint density at radius 3 is 2.29 bits per heavy atom. The van der Waals surface area contributed by atoms with E-state index in [0.717, 1.165) is 27.5 Å². The smallest absolute Gasteiger partial charge is 0.318 e. The van der Waals surface area contributed by atoms with Gasteiger partial charge < -0.3 is 4.57 Å². The Bertz CT molecular complexity index is 1260. The molecule has 0 unspecified atom stereocenters. The van der Waals surface area contributed by atoms with Gasteiger partial charge in [0.15, 0.2) is 0 Å². The van der Waals surface area contributed by atoms with Crippen molar-refractivity contribution in [2.45, 2.75) is 20.8 Å². The predicted octanol–water partition coefficient (Wildman–Crippen LogP) is 4.72. The maximum atomic E-state index is 13.2. The van der Waals surface area contributed by atoms with Crippen molar-refractivity contribution in [1.82, 2.24) is 9.88 Å². The largest absolute Gasteiger partial charge is 0.335 e. The number of nitrogens with zero attached hydrogens (tertiary/aromatic N) is 2. The van der Waals surface area contributed by atoms with Gasteiger partial charge in [0.2, 0.25) is 0 Å². The minimum absolute atomic E-state index is 0.0980. The van der Waals surface area contributed by atoms with Gasteiger partial charge in [-0.3, -0.25) is 14.9 Å². The van der Waals surface area contributed by atoms with Crippen LogP contribution in [0.3, 0.4) is 0 Å². The third kappa shape index (κ3) is 3.66. The minimum Gasteiger partial charge on any atom is -0.318 e. The lowest BCUT2D eigenvalue weighted by Gasteiger charge is -2.27. The number of hydrogen-bond acceptors (Lipinski definition) is 3. The summed E-state index contributed by atoms with van der Waals surface area (Å²) in [6.45, 7) is 5.65. The fourth-order valence-corrected chi connectivity index (χ4v) is 3.89. The number of para-hydroxylation sites is 1. The fourth-order valence-electron chi connectivity index (χ4n) is 3.77. The van der Waals surface area contributed by atoms with Crippen molar-refractivity contribution in [1.29, 1.82) is 0 Å². The van der Waals surface area contributed by atoms with Gasteiger partial charge in [-0.05, 0) is 74.4 Å². The molecule has 31 heavy (non-hydrogen) atoms. The Labute approximate surface area is 184 Å². The highest BCUT2D eigenvalue weighted by molar-refractivity contribution is 6.39. The zero-order valence-electron chi connectivity index (χ0n) is 17.3. The van der Waals surface area contributed by atoms with Crippen LogP contribution in [0.4, 0.5) is 10.5 Å². The quantitative estimate of drug-likeness (QED) is 0.479. The van der Waals surface area contributed by atoms with Crippen LogP contribution in [0.2, 0.25) is 5.02 Å². The summed E-state index contributed by atoms with van der Waals surface area (Å²) in [5, 5.41) is 2.91. The van der Waals surface area contributed by atoms with Crippen LogP contribution in [0, 0.1) is 20.8 Å². The lowest BCUT2D eigenvalue weighted by Crippen LogP contribution is -2.54. The van der Waals surface area contributed by atoms with E-state index in [9.17, 15) is 14.4 Å². The van der Waals surface area contributed by atoms with Crippen molar-refractivity contribution in [3.8, 4) is 5.69 Å². The first kappa shape index (κ1) is 20.6. The first-order valence-corrected chi connectivity index (χ1v) is 10.1. The van der Waals surface area contributed by atoms with E-state index in [2.05, 4.69) is 5.32 Å². The third-order valence-electron chi connectivity index (χ3n) is 5.31. The van der Waals surface area contributed by atoms with Crippen LogP contribution in [0.25, 0.3) is 11.8 Å². The van der Waals surface area contributed by atoms with Gasteiger partial charge in [-0.25, -0.2) is 9.69 Å². The topological polar surface area (TPSA) is 71.4 Å². The Morgan fingerprint density at radius 2 is 1.61 bits per heavy atom. The highest BCUT2D eigenvalue weighted by Gasteiger charge is 2.37. The number of imide groups is 2. The normalized spacial score (nSPS) is 15.5. The first-order valence-electron chi connectivity index (χ1n) is 9.70. The summed E-state index contributed by atoms with van der Waals surface area (Å²) in [5.74, 6) is -1.37. The minimum atomic E-state index is -0.756. The molecule has 1 aromatic heterocycles. The molecular formula is C24H20ClN3O3. The Morgan fingerprint density at radius 1 is 0.935 bits per heavy atom. The van der Waals surface area contributed by atoms with Crippen LogP contribution >= 0.6 is 11.6 Å². The number of carbonyl (C=O) groups excluding carboxylic acids is 3. The monoisotopic (exact) mass is 433 g/mol. The molecule has 0 saturated carbocycles. The van der Waals surface area contributed by atoms with Crippen LogP contribution in [0.5, 0.6) is 0 Å². The number of aryl methyl sites for hydroxylation is 2. The Hall–Kier alpha value is -3.64. The summed E-state index contributed by atoms with van der Waals surface area (Å²) in [6.07, 6.45) is 1.53. The zero-order valence-corrected chi connectivity index (χ0v) is 18.0. The van der Waals surface area contributed by atoms with Crippen molar-refractivity contribution < 1.29 is 14.4 Å². The molecular weight excluding hydrogens is 414 g/mol. The number of benzene rings is 2. The van der Waals surface area contributed by atoms with Gasteiger partial charge in [0.1, 0.15) is 5.57 Å². The fraction of sp³-hybridized carbons (Fsp3) is 0.125. The predicted molar refractivity (Wildman–Crippen MR) is 120 cm³/mol. The van der Waals surface area contributed by atoms with Gasteiger partial charge in [-0.15, -0.1) is 0 Å².